The van der Waals surface area contributed by atoms with Crippen molar-refractivity contribution in [2.75, 3.05) is 24.3 Å². The molecule has 0 bridgehead atoms. The van der Waals surface area contributed by atoms with E-state index < -0.39 is 0 Å². The summed E-state index contributed by atoms with van der Waals surface area (Å²) in [5, 5.41) is 2.78. The molecule has 0 aliphatic rings. The van der Waals surface area contributed by atoms with E-state index in [0.717, 1.165) is 28.5 Å². The standard InChI is InChI=1S/C20H25NO3S/c1-4-23-18-11-9-17(10-12-18)21-20(22)16(3)25-14-13-24-19-8-6-5-7-15(19)2/h5-12,16H,4,13-14H2,1-3H3,(H,21,22). The van der Waals surface area contributed by atoms with Gasteiger partial charge in [0.15, 0.2) is 0 Å². The monoisotopic (exact) mass is 359 g/mol. The molecule has 2 aromatic carbocycles. The minimum Gasteiger partial charge on any atom is -0.494 e. The zero-order valence-corrected chi connectivity index (χ0v) is 15.8. The van der Waals surface area contributed by atoms with E-state index in [9.17, 15) is 4.79 Å². The molecule has 1 N–H and O–H groups in total. The summed E-state index contributed by atoms with van der Waals surface area (Å²) in [5.41, 5.74) is 1.89. The molecule has 0 saturated carbocycles. The average molecular weight is 359 g/mol. The summed E-state index contributed by atoms with van der Waals surface area (Å²) in [5.74, 6) is 2.45. The second kappa shape index (κ2) is 9.99. The van der Waals surface area contributed by atoms with Crippen molar-refractivity contribution in [1.29, 1.82) is 0 Å². The van der Waals surface area contributed by atoms with E-state index >= 15 is 0 Å². The zero-order chi connectivity index (χ0) is 18.1. The fraction of sp³-hybridized carbons (Fsp3) is 0.350. The summed E-state index contributed by atoms with van der Waals surface area (Å²) in [4.78, 5) is 12.2. The van der Waals surface area contributed by atoms with Gasteiger partial charge in [0.25, 0.3) is 0 Å². The Balaban J connectivity index is 1.72. The topological polar surface area (TPSA) is 47.6 Å². The Bertz CT molecular complexity index is 673. The Hall–Kier alpha value is -2.14. The van der Waals surface area contributed by atoms with Gasteiger partial charge in [-0.2, -0.15) is 0 Å². The minimum absolute atomic E-state index is 0.00921. The predicted octanol–water partition coefficient (Wildman–Crippen LogP) is 4.53. The maximum atomic E-state index is 12.2. The van der Waals surface area contributed by atoms with Gasteiger partial charge in [0, 0.05) is 11.4 Å². The number of para-hydroxylation sites is 1. The van der Waals surface area contributed by atoms with Gasteiger partial charge in [-0.15, -0.1) is 11.8 Å². The van der Waals surface area contributed by atoms with Crippen molar-refractivity contribution in [2.45, 2.75) is 26.0 Å². The summed E-state index contributed by atoms with van der Waals surface area (Å²) in [6.07, 6.45) is 0. The molecule has 0 aromatic heterocycles. The minimum atomic E-state index is -0.146. The molecule has 0 fully saturated rings. The molecular weight excluding hydrogens is 334 g/mol. The lowest BCUT2D eigenvalue weighted by Crippen LogP contribution is -2.23. The maximum absolute atomic E-state index is 12.2. The largest absolute Gasteiger partial charge is 0.494 e. The van der Waals surface area contributed by atoms with Gasteiger partial charge >= 0.3 is 0 Å². The molecule has 0 saturated heterocycles. The Morgan fingerprint density at radius 2 is 1.84 bits per heavy atom. The summed E-state index contributed by atoms with van der Waals surface area (Å²) >= 11 is 1.58. The number of amides is 1. The normalized spacial score (nSPS) is 11.6. The van der Waals surface area contributed by atoms with Crippen LogP contribution in [0.3, 0.4) is 0 Å². The molecule has 2 rings (SSSR count). The number of benzene rings is 2. The molecule has 0 heterocycles. The second-order valence-electron chi connectivity index (χ2n) is 5.57. The lowest BCUT2D eigenvalue weighted by molar-refractivity contribution is -0.115. The van der Waals surface area contributed by atoms with E-state index in [1.807, 2.05) is 69.3 Å². The summed E-state index contributed by atoms with van der Waals surface area (Å²) < 4.78 is 11.1. The number of thioether (sulfide) groups is 1. The fourth-order valence-electron chi connectivity index (χ4n) is 2.22. The molecule has 0 spiro atoms. The van der Waals surface area contributed by atoms with Gasteiger partial charge in [0.1, 0.15) is 11.5 Å². The van der Waals surface area contributed by atoms with Gasteiger partial charge in [-0.25, -0.2) is 0 Å². The second-order valence-corrected chi connectivity index (χ2v) is 7.02. The zero-order valence-electron chi connectivity index (χ0n) is 15.0. The first-order valence-electron chi connectivity index (χ1n) is 8.44. The number of carbonyl (C=O) groups is 1. The van der Waals surface area contributed by atoms with Crippen molar-refractivity contribution < 1.29 is 14.3 Å². The van der Waals surface area contributed by atoms with E-state index in [1.54, 1.807) is 11.8 Å². The van der Waals surface area contributed by atoms with Gasteiger partial charge < -0.3 is 14.8 Å². The maximum Gasteiger partial charge on any atom is 0.237 e. The van der Waals surface area contributed by atoms with E-state index in [4.69, 9.17) is 9.47 Å². The SMILES string of the molecule is CCOc1ccc(NC(=O)C(C)SCCOc2ccccc2C)cc1. The van der Waals surface area contributed by atoms with Gasteiger partial charge in [-0.05, 0) is 56.7 Å². The lowest BCUT2D eigenvalue weighted by atomic mass is 10.2. The van der Waals surface area contributed by atoms with Crippen molar-refractivity contribution in [3.8, 4) is 11.5 Å². The van der Waals surface area contributed by atoms with Crippen LogP contribution in [0.2, 0.25) is 0 Å². The number of carbonyl (C=O) groups excluding carboxylic acids is 1. The molecule has 2 aromatic rings. The van der Waals surface area contributed by atoms with Crippen LogP contribution in [0.1, 0.15) is 19.4 Å². The van der Waals surface area contributed by atoms with E-state index in [1.165, 1.54) is 0 Å². The molecule has 0 aliphatic carbocycles. The molecule has 4 nitrogen and oxygen atoms in total. The third kappa shape index (κ3) is 6.35. The van der Waals surface area contributed by atoms with Crippen molar-refractivity contribution in [1.82, 2.24) is 0 Å². The molecule has 5 heteroatoms. The molecule has 0 radical (unpaired) electrons. The third-order valence-corrected chi connectivity index (χ3v) is 4.72. The molecule has 1 atom stereocenters. The van der Waals surface area contributed by atoms with Crippen LogP contribution in [0.15, 0.2) is 48.5 Å². The molecule has 1 unspecified atom stereocenters. The van der Waals surface area contributed by atoms with Crippen LogP contribution in [0.25, 0.3) is 0 Å². The van der Waals surface area contributed by atoms with Crippen LogP contribution in [-0.4, -0.2) is 30.1 Å². The fourth-order valence-corrected chi connectivity index (χ4v) is 2.96. The van der Waals surface area contributed by atoms with E-state index in [0.29, 0.717) is 13.2 Å². The first-order chi connectivity index (χ1) is 12.1. The van der Waals surface area contributed by atoms with Gasteiger partial charge in [-0.3, -0.25) is 4.79 Å². The number of hydrogen-bond donors (Lipinski definition) is 1. The highest BCUT2D eigenvalue weighted by molar-refractivity contribution is 8.00. The Kier molecular flexibility index (Phi) is 7.67. The van der Waals surface area contributed by atoms with Gasteiger partial charge in [-0.1, -0.05) is 18.2 Å². The van der Waals surface area contributed by atoms with Crippen LogP contribution < -0.4 is 14.8 Å². The highest BCUT2D eigenvalue weighted by atomic mass is 32.2. The molecule has 0 aliphatic heterocycles. The van der Waals surface area contributed by atoms with Crippen molar-refractivity contribution >= 4 is 23.4 Å². The number of hydrogen-bond acceptors (Lipinski definition) is 4. The first kappa shape index (κ1) is 19.2. The Morgan fingerprint density at radius 3 is 2.52 bits per heavy atom. The quantitative estimate of drug-likeness (QED) is 0.668. The Labute approximate surface area is 153 Å². The number of ether oxygens (including phenoxy) is 2. The van der Waals surface area contributed by atoms with Crippen LogP contribution in [0, 0.1) is 6.92 Å². The average Bonchev–Trinajstić information content (AvgIpc) is 2.61. The highest BCUT2D eigenvalue weighted by Gasteiger charge is 2.13. The van der Waals surface area contributed by atoms with Crippen molar-refractivity contribution in [3.05, 3.63) is 54.1 Å². The third-order valence-electron chi connectivity index (χ3n) is 3.60. The van der Waals surface area contributed by atoms with Crippen LogP contribution in [0.5, 0.6) is 11.5 Å². The molecule has 25 heavy (non-hydrogen) atoms. The first-order valence-corrected chi connectivity index (χ1v) is 9.48. The summed E-state index contributed by atoms with van der Waals surface area (Å²) in [6, 6.07) is 15.3. The summed E-state index contributed by atoms with van der Waals surface area (Å²) in [7, 11) is 0. The van der Waals surface area contributed by atoms with Gasteiger partial charge in [0.2, 0.25) is 5.91 Å². The Morgan fingerprint density at radius 1 is 1.12 bits per heavy atom. The number of anilines is 1. The molecule has 134 valence electrons. The van der Waals surface area contributed by atoms with Crippen LogP contribution in [0.4, 0.5) is 5.69 Å². The number of rotatable bonds is 9. The van der Waals surface area contributed by atoms with E-state index in [-0.39, 0.29) is 11.2 Å². The summed E-state index contributed by atoms with van der Waals surface area (Å²) in [6.45, 7) is 7.08. The van der Waals surface area contributed by atoms with E-state index in [2.05, 4.69) is 5.32 Å². The van der Waals surface area contributed by atoms with Crippen molar-refractivity contribution in [2.24, 2.45) is 0 Å². The smallest absolute Gasteiger partial charge is 0.237 e. The highest BCUT2D eigenvalue weighted by Crippen LogP contribution is 2.19. The number of aryl methyl sites for hydroxylation is 1. The van der Waals surface area contributed by atoms with Crippen molar-refractivity contribution in [3.63, 3.8) is 0 Å². The van der Waals surface area contributed by atoms with Gasteiger partial charge in [0.05, 0.1) is 18.5 Å². The molecular formula is C20H25NO3S. The lowest BCUT2D eigenvalue weighted by Gasteiger charge is -2.13. The predicted molar refractivity (Wildman–Crippen MR) is 105 cm³/mol. The number of nitrogens with one attached hydrogen (secondary N) is 1. The van der Waals surface area contributed by atoms with Crippen LogP contribution in [-0.2, 0) is 4.79 Å². The van der Waals surface area contributed by atoms with Crippen LogP contribution >= 0.6 is 11.8 Å². The molecule has 1 amide bonds.